The lowest BCUT2D eigenvalue weighted by Gasteiger charge is -2.36. The Morgan fingerprint density at radius 3 is 2.38 bits per heavy atom. The summed E-state index contributed by atoms with van der Waals surface area (Å²) in [6.45, 7) is 8.96. The molecule has 0 heterocycles. The Bertz CT molecular complexity index is 428. The summed E-state index contributed by atoms with van der Waals surface area (Å²) >= 11 is 0. The van der Waals surface area contributed by atoms with Crippen LogP contribution in [0.1, 0.15) is 63.7 Å². The van der Waals surface area contributed by atoms with Crippen molar-refractivity contribution >= 4 is 0 Å². The Balaban J connectivity index is 2.08. The van der Waals surface area contributed by atoms with Crippen molar-refractivity contribution in [1.82, 2.24) is 0 Å². The van der Waals surface area contributed by atoms with Crippen LogP contribution in [-0.4, -0.2) is 12.1 Å². The standard InChI is InChI=1S/C19H31NO/c1-5-18(20)19(16-9-6-13(2)7-10-16)21-17-11-8-14(3)15(4)12-17/h6-7,9-10,14-15,17-19H,5,8,11-12,20H2,1-4H3. The molecule has 0 aromatic heterocycles. The highest BCUT2D eigenvalue weighted by atomic mass is 16.5. The Labute approximate surface area is 130 Å². The van der Waals surface area contributed by atoms with Crippen LogP contribution in [0.4, 0.5) is 0 Å². The van der Waals surface area contributed by atoms with Gasteiger partial charge in [-0.25, -0.2) is 0 Å². The van der Waals surface area contributed by atoms with Gasteiger partial charge in [-0.3, -0.25) is 0 Å². The lowest BCUT2D eigenvalue weighted by atomic mass is 9.80. The zero-order chi connectivity index (χ0) is 15.4. The predicted molar refractivity (Wildman–Crippen MR) is 89.2 cm³/mol. The molecule has 1 saturated carbocycles. The zero-order valence-corrected chi connectivity index (χ0v) is 14.0. The number of hydrogen-bond acceptors (Lipinski definition) is 2. The van der Waals surface area contributed by atoms with Crippen LogP contribution < -0.4 is 5.73 Å². The Kier molecular flexibility index (Phi) is 5.83. The average Bonchev–Trinajstić information content (AvgIpc) is 2.48. The maximum atomic E-state index is 6.46. The summed E-state index contributed by atoms with van der Waals surface area (Å²) < 4.78 is 6.46. The Hall–Kier alpha value is -0.860. The van der Waals surface area contributed by atoms with E-state index in [9.17, 15) is 0 Å². The van der Waals surface area contributed by atoms with E-state index in [2.05, 4.69) is 52.0 Å². The quantitative estimate of drug-likeness (QED) is 0.858. The topological polar surface area (TPSA) is 35.2 Å². The van der Waals surface area contributed by atoms with Crippen molar-refractivity contribution in [2.24, 2.45) is 17.6 Å². The third-order valence-corrected chi connectivity index (χ3v) is 5.16. The van der Waals surface area contributed by atoms with Gasteiger partial charge in [0.1, 0.15) is 0 Å². The van der Waals surface area contributed by atoms with E-state index in [1.165, 1.54) is 30.4 Å². The largest absolute Gasteiger partial charge is 0.369 e. The molecule has 118 valence electrons. The van der Waals surface area contributed by atoms with Crippen LogP contribution in [0.2, 0.25) is 0 Å². The fraction of sp³-hybridized carbons (Fsp3) is 0.684. The number of ether oxygens (including phenoxy) is 1. The van der Waals surface area contributed by atoms with Gasteiger partial charge in [-0.1, -0.05) is 50.6 Å². The van der Waals surface area contributed by atoms with Crippen LogP contribution in [0.3, 0.4) is 0 Å². The summed E-state index contributed by atoms with van der Waals surface area (Å²) in [4.78, 5) is 0. The van der Waals surface area contributed by atoms with Gasteiger partial charge in [0, 0.05) is 6.04 Å². The number of hydrogen-bond donors (Lipinski definition) is 1. The molecule has 1 aromatic rings. The second kappa shape index (κ2) is 7.42. The molecule has 2 nitrogen and oxygen atoms in total. The molecule has 0 saturated heterocycles. The van der Waals surface area contributed by atoms with Gasteiger partial charge in [-0.15, -0.1) is 0 Å². The fourth-order valence-corrected chi connectivity index (χ4v) is 3.23. The molecular formula is C19H31NO. The van der Waals surface area contributed by atoms with E-state index >= 15 is 0 Å². The van der Waals surface area contributed by atoms with E-state index in [1.54, 1.807) is 0 Å². The first-order valence-electron chi connectivity index (χ1n) is 8.48. The molecule has 1 fully saturated rings. The highest BCUT2D eigenvalue weighted by molar-refractivity contribution is 5.24. The molecular weight excluding hydrogens is 258 g/mol. The molecule has 0 spiro atoms. The highest BCUT2D eigenvalue weighted by Gasteiger charge is 2.29. The lowest BCUT2D eigenvalue weighted by molar-refractivity contribution is -0.0594. The van der Waals surface area contributed by atoms with Crippen LogP contribution in [0.15, 0.2) is 24.3 Å². The minimum atomic E-state index is 0.0289. The van der Waals surface area contributed by atoms with Gasteiger partial charge in [0.05, 0.1) is 12.2 Å². The number of benzene rings is 1. The molecule has 21 heavy (non-hydrogen) atoms. The number of nitrogens with two attached hydrogens (primary N) is 1. The molecule has 0 bridgehead atoms. The summed E-state index contributed by atoms with van der Waals surface area (Å²) in [5.74, 6) is 1.57. The van der Waals surface area contributed by atoms with Crippen molar-refractivity contribution in [3.05, 3.63) is 35.4 Å². The van der Waals surface area contributed by atoms with Crippen molar-refractivity contribution in [2.45, 2.75) is 71.6 Å². The Morgan fingerprint density at radius 2 is 1.81 bits per heavy atom. The SMILES string of the molecule is CCC(N)C(OC1CCC(C)C(C)C1)c1ccc(C)cc1. The third-order valence-electron chi connectivity index (χ3n) is 5.16. The van der Waals surface area contributed by atoms with Crippen molar-refractivity contribution < 1.29 is 4.74 Å². The van der Waals surface area contributed by atoms with Gasteiger partial charge in [-0.05, 0) is 50.0 Å². The summed E-state index contributed by atoms with van der Waals surface area (Å²) in [5, 5.41) is 0. The normalized spacial score (nSPS) is 29.1. The molecule has 5 unspecified atom stereocenters. The van der Waals surface area contributed by atoms with Crippen LogP contribution in [0.5, 0.6) is 0 Å². The minimum absolute atomic E-state index is 0.0289. The molecule has 2 rings (SSSR count). The Morgan fingerprint density at radius 1 is 1.14 bits per heavy atom. The molecule has 0 aliphatic heterocycles. The molecule has 1 aliphatic rings. The summed E-state index contributed by atoms with van der Waals surface area (Å²) in [5.41, 5.74) is 8.85. The van der Waals surface area contributed by atoms with E-state index in [0.29, 0.717) is 6.10 Å². The predicted octanol–water partition coefficient (Wildman–Crippen LogP) is 4.61. The molecule has 2 N–H and O–H groups in total. The maximum Gasteiger partial charge on any atom is 0.0979 e. The van der Waals surface area contributed by atoms with Crippen molar-refractivity contribution in [3.8, 4) is 0 Å². The monoisotopic (exact) mass is 289 g/mol. The van der Waals surface area contributed by atoms with Crippen LogP contribution in [0.25, 0.3) is 0 Å². The fourth-order valence-electron chi connectivity index (χ4n) is 3.23. The molecule has 0 amide bonds. The molecule has 0 radical (unpaired) electrons. The van der Waals surface area contributed by atoms with E-state index in [1.807, 2.05) is 0 Å². The van der Waals surface area contributed by atoms with E-state index in [4.69, 9.17) is 10.5 Å². The van der Waals surface area contributed by atoms with E-state index < -0.39 is 0 Å². The maximum absolute atomic E-state index is 6.46. The van der Waals surface area contributed by atoms with Gasteiger partial charge in [-0.2, -0.15) is 0 Å². The molecule has 1 aliphatic carbocycles. The van der Waals surface area contributed by atoms with E-state index in [-0.39, 0.29) is 12.1 Å². The van der Waals surface area contributed by atoms with E-state index in [0.717, 1.165) is 18.3 Å². The zero-order valence-electron chi connectivity index (χ0n) is 14.0. The first-order chi connectivity index (χ1) is 10.0. The minimum Gasteiger partial charge on any atom is -0.369 e. The first kappa shape index (κ1) is 16.5. The average molecular weight is 289 g/mol. The van der Waals surface area contributed by atoms with Gasteiger partial charge < -0.3 is 10.5 Å². The van der Waals surface area contributed by atoms with Crippen LogP contribution in [0, 0.1) is 18.8 Å². The summed E-state index contributed by atoms with van der Waals surface area (Å²) in [7, 11) is 0. The molecule has 1 aromatic carbocycles. The van der Waals surface area contributed by atoms with Crippen LogP contribution >= 0.6 is 0 Å². The smallest absolute Gasteiger partial charge is 0.0979 e. The number of rotatable bonds is 5. The number of aryl methyl sites for hydroxylation is 1. The second-order valence-electron chi connectivity index (χ2n) is 6.93. The van der Waals surface area contributed by atoms with Gasteiger partial charge in [0.2, 0.25) is 0 Å². The lowest BCUT2D eigenvalue weighted by Crippen LogP contribution is -2.35. The van der Waals surface area contributed by atoms with Gasteiger partial charge in [0.25, 0.3) is 0 Å². The van der Waals surface area contributed by atoms with Crippen molar-refractivity contribution in [3.63, 3.8) is 0 Å². The van der Waals surface area contributed by atoms with Crippen molar-refractivity contribution in [1.29, 1.82) is 0 Å². The summed E-state index contributed by atoms with van der Waals surface area (Å²) in [6.07, 6.45) is 4.94. The van der Waals surface area contributed by atoms with Crippen LogP contribution in [-0.2, 0) is 4.74 Å². The van der Waals surface area contributed by atoms with Crippen molar-refractivity contribution in [2.75, 3.05) is 0 Å². The van der Waals surface area contributed by atoms with Gasteiger partial charge >= 0.3 is 0 Å². The first-order valence-corrected chi connectivity index (χ1v) is 8.48. The molecule has 2 heteroatoms. The third kappa shape index (κ3) is 4.31. The van der Waals surface area contributed by atoms with Gasteiger partial charge in [0.15, 0.2) is 0 Å². The second-order valence-corrected chi connectivity index (χ2v) is 6.93. The summed E-state index contributed by atoms with van der Waals surface area (Å²) in [6, 6.07) is 8.72. The molecule has 5 atom stereocenters. The highest BCUT2D eigenvalue weighted by Crippen LogP contribution is 2.34.